The first-order valence-electron chi connectivity index (χ1n) is 10.6. The Labute approximate surface area is 218 Å². The topological polar surface area (TPSA) is 142 Å². The number of aliphatic carboxylic acids is 1. The predicted octanol–water partition coefficient (Wildman–Crippen LogP) is 3.04. The van der Waals surface area contributed by atoms with Crippen LogP contribution >= 0.6 is 23.2 Å². The molecule has 0 radical (unpaired) electrons. The molecule has 2 heterocycles. The molecular formula is C23H23Cl2N5O5S. The maximum absolute atomic E-state index is 12.7. The van der Waals surface area contributed by atoms with Gasteiger partial charge in [0.15, 0.2) is 0 Å². The summed E-state index contributed by atoms with van der Waals surface area (Å²) in [6, 6.07) is 10.2. The van der Waals surface area contributed by atoms with E-state index in [-0.39, 0.29) is 28.6 Å². The van der Waals surface area contributed by atoms with Gasteiger partial charge in [-0.25, -0.2) is 0 Å². The minimum atomic E-state index is -4.07. The van der Waals surface area contributed by atoms with Crippen LogP contribution in [0, 0.1) is 0 Å². The summed E-state index contributed by atoms with van der Waals surface area (Å²) in [5, 5.41) is 12.4. The molecule has 2 aromatic heterocycles. The van der Waals surface area contributed by atoms with E-state index in [4.69, 9.17) is 23.2 Å². The summed E-state index contributed by atoms with van der Waals surface area (Å²) in [4.78, 5) is 32.2. The fraction of sp³-hybridized carbons (Fsp3) is 0.217. The summed E-state index contributed by atoms with van der Waals surface area (Å²) in [6.45, 7) is 0.124. The van der Waals surface area contributed by atoms with Crippen molar-refractivity contribution >= 4 is 51.0 Å². The van der Waals surface area contributed by atoms with Gasteiger partial charge in [0, 0.05) is 50.0 Å². The number of carbonyl (C=O) groups is 2. The molecule has 190 valence electrons. The number of likely N-dealkylation sites (N-methyl/N-ethyl adjacent to an activating group) is 1. The Morgan fingerprint density at radius 3 is 2.33 bits per heavy atom. The van der Waals surface area contributed by atoms with Crippen LogP contribution in [0.25, 0.3) is 0 Å². The van der Waals surface area contributed by atoms with Crippen LogP contribution in [0.15, 0.2) is 61.1 Å². The Morgan fingerprint density at radius 1 is 1.08 bits per heavy atom. The number of hydrogen-bond acceptors (Lipinski definition) is 6. The summed E-state index contributed by atoms with van der Waals surface area (Å²) in [5.74, 6) is -1.86. The Balaban J connectivity index is 1.62. The van der Waals surface area contributed by atoms with E-state index in [0.717, 1.165) is 10.00 Å². The lowest BCUT2D eigenvalue weighted by molar-refractivity contribution is -0.138. The molecule has 0 unspecified atom stereocenters. The average Bonchev–Trinajstić information content (AvgIpc) is 2.83. The number of carboxylic acid groups (broad SMARTS) is 1. The molecule has 1 aromatic carbocycles. The van der Waals surface area contributed by atoms with E-state index in [1.54, 1.807) is 48.7 Å². The second kappa shape index (κ2) is 12.2. The van der Waals surface area contributed by atoms with Gasteiger partial charge >= 0.3 is 5.97 Å². The van der Waals surface area contributed by atoms with Gasteiger partial charge in [0.2, 0.25) is 0 Å². The molecule has 0 aliphatic carbocycles. The Kier molecular flexibility index (Phi) is 9.35. The molecule has 0 aliphatic heterocycles. The van der Waals surface area contributed by atoms with Gasteiger partial charge in [-0.1, -0.05) is 41.4 Å². The number of nitrogens with one attached hydrogen (secondary N) is 2. The van der Waals surface area contributed by atoms with Gasteiger partial charge in [-0.3, -0.25) is 19.6 Å². The van der Waals surface area contributed by atoms with Crippen molar-refractivity contribution in [3.05, 3.63) is 87.9 Å². The van der Waals surface area contributed by atoms with Crippen molar-refractivity contribution in [2.75, 3.05) is 18.9 Å². The smallest absolute Gasteiger partial charge is 0.322 e. The maximum Gasteiger partial charge on any atom is 0.322 e. The third-order valence-electron chi connectivity index (χ3n) is 5.14. The number of anilines is 1. The van der Waals surface area contributed by atoms with Crippen LogP contribution in [0.1, 0.15) is 21.6 Å². The predicted molar refractivity (Wildman–Crippen MR) is 136 cm³/mol. The van der Waals surface area contributed by atoms with Gasteiger partial charge in [-0.2, -0.15) is 17.4 Å². The van der Waals surface area contributed by atoms with Crippen molar-refractivity contribution in [1.29, 1.82) is 0 Å². The minimum absolute atomic E-state index is 0.0740. The number of amides is 1. The lowest BCUT2D eigenvalue weighted by Gasteiger charge is -2.21. The number of pyridine rings is 2. The van der Waals surface area contributed by atoms with Crippen LogP contribution in [0.5, 0.6) is 0 Å². The lowest BCUT2D eigenvalue weighted by atomic mass is 10.1. The molecule has 13 heteroatoms. The van der Waals surface area contributed by atoms with Crippen molar-refractivity contribution in [3.63, 3.8) is 0 Å². The SMILES string of the molecule is CN(CCc1ccccn1)S(=O)(=O)N[C@@H](Cc1ccc(NC(=O)c2c(Cl)cncc2Cl)cc1)C(=O)O. The van der Waals surface area contributed by atoms with Crippen molar-refractivity contribution in [3.8, 4) is 0 Å². The zero-order valence-electron chi connectivity index (χ0n) is 19.1. The largest absolute Gasteiger partial charge is 0.480 e. The molecule has 0 saturated carbocycles. The van der Waals surface area contributed by atoms with Crippen LogP contribution < -0.4 is 10.0 Å². The number of aromatic nitrogens is 2. The molecular weight excluding hydrogens is 529 g/mol. The standard InChI is InChI=1S/C23H23Cl2N5O5S/c1-30(11-9-16-4-2-3-10-27-16)36(34,35)29-20(23(32)33)12-15-5-7-17(8-6-15)28-22(31)21-18(24)13-26-14-19(21)25/h2-8,10,13-14,20,29H,9,11-12H2,1H3,(H,28,31)(H,32,33)/t20-/m0/s1. The van der Waals surface area contributed by atoms with Crippen molar-refractivity contribution < 1.29 is 23.1 Å². The van der Waals surface area contributed by atoms with Gasteiger partial charge in [0.25, 0.3) is 16.1 Å². The van der Waals surface area contributed by atoms with Crippen molar-refractivity contribution in [2.24, 2.45) is 0 Å². The summed E-state index contributed by atoms with van der Waals surface area (Å²) in [7, 11) is -2.71. The molecule has 1 atom stereocenters. The molecule has 1 amide bonds. The first kappa shape index (κ1) is 27.5. The minimum Gasteiger partial charge on any atom is -0.480 e. The van der Waals surface area contributed by atoms with E-state index in [0.29, 0.717) is 17.7 Å². The lowest BCUT2D eigenvalue weighted by Crippen LogP contribution is -2.48. The Bertz CT molecular complexity index is 1300. The highest BCUT2D eigenvalue weighted by molar-refractivity contribution is 7.87. The number of carbonyl (C=O) groups excluding carboxylic acids is 1. The molecule has 3 aromatic rings. The second-order valence-electron chi connectivity index (χ2n) is 7.74. The van der Waals surface area contributed by atoms with Gasteiger partial charge in [0.1, 0.15) is 6.04 Å². The quantitative estimate of drug-likeness (QED) is 0.332. The molecule has 10 nitrogen and oxygen atoms in total. The van der Waals surface area contributed by atoms with E-state index in [1.165, 1.54) is 19.4 Å². The van der Waals surface area contributed by atoms with E-state index in [9.17, 15) is 23.1 Å². The van der Waals surface area contributed by atoms with Gasteiger partial charge in [-0.15, -0.1) is 0 Å². The Morgan fingerprint density at radius 2 is 1.75 bits per heavy atom. The summed E-state index contributed by atoms with van der Waals surface area (Å²) in [6.07, 6.45) is 4.48. The van der Waals surface area contributed by atoms with Gasteiger partial charge < -0.3 is 10.4 Å². The number of rotatable bonds is 11. The summed E-state index contributed by atoms with van der Waals surface area (Å²) >= 11 is 12.0. The molecule has 0 saturated heterocycles. The number of hydrogen-bond donors (Lipinski definition) is 3. The molecule has 0 spiro atoms. The van der Waals surface area contributed by atoms with Gasteiger partial charge in [-0.05, 0) is 36.2 Å². The number of nitrogens with zero attached hydrogens (tertiary/aromatic N) is 3. The third kappa shape index (κ3) is 7.45. The molecule has 0 bridgehead atoms. The second-order valence-corrected chi connectivity index (χ2v) is 10.4. The molecule has 0 aliphatic rings. The molecule has 3 N–H and O–H groups in total. The number of benzene rings is 1. The van der Waals surface area contributed by atoms with E-state index >= 15 is 0 Å². The molecule has 36 heavy (non-hydrogen) atoms. The third-order valence-corrected chi connectivity index (χ3v) is 7.30. The highest BCUT2D eigenvalue weighted by Gasteiger charge is 2.27. The highest BCUT2D eigenvalue weighted by Crippen LogP contribution is 2.24. The van der Waals surface area contributed by atoms with Crippen LogP contribution in [-0.2, 0) is 27.8 Å². The normalized spacial score (nSPS) is 12.3. The van der Waals surface area contributed by atoms with Gasteiger partial charge in [0.05, 0.1) is 15.6 Å². The van der Waals surface area contributed by atoms with E-state index in [2.05, 4.69) is 20.0 Å². The van der Waals surface area contributed by atoms with Crippen LogP contribution in [-0.4, -0.2) is 59.3 Å². The van der Waals surface area contributed by atoms with Crippen LogP contribution in [0.3, 0.4) is 0 Å². The Hall–Kier alpha value is -3.09. The average molecular weight is 552 g/mol. The zero-order chi connectivity index (χ0) is 26.3. The summed E-state index contributed by atoms with van der Waals surface area (Å²) in [5.41, 5.74) is 1.74. The highest BCUT2D eigenvalue weighted by atomic mass is 35.5. The zero-order valence-corrected chi connectivity index (χ0v) is 21.4. The first-order chi connectivity index (χ1) is 17.1. The monoisotopic (exact) mass is 551 g/mol. The first-order valence-corrected chi connectivity index (χ1v) is 12.8. The fourth-order valence-corrected chi connectivity index (χ4v) is 4.76. The number of carboxylic acids is 1. The van der Waals surface area contributed by atoms with Crippen LogP contribution in [0.2, 0.25) is 10.0 Å². The maximum atomic E-state index is 12.7. The van der Waals surface area contributed by atoms with E-state index in [1.807, 2.05) is 0 Å². The fourth-order valence-electron chi connectivity index (χ4n) is 3.17. The van der Waals surface area contributed by atoms with Crippen LogP contribution in [0.4, 0.5) is 5.69 Å². The van der Waals surface area contributed by atoms with Crippen molar-refractivity contribution in [2.45, 2.75) is 18.9 Å². The molecule has 3 rings (SSSR count). The number of halogens is 2. The summed E-state index contributed by atoms with van der Waals surface area (Å²) < 4.78 is 28.6. The van der Waals surface area contributed by atoms with Crippen molar-refractivity contribution in [1.82, 2.24) is 19.0 Å². The molecule has 0 fully saturated rings. The van der Waals surface area contributed by atoms with E-state index < -0.39 is 28.1 Å².